The van der Waals surface area contributed by atoms with E-state index >= 15 is 0 Å². The van der Waals surface area contributed by atoms with E-state index in [-0.39, 0.29) is 5.82 Å². The maximum absolute atomic E-state index is 13.1. The lowest BCUT2D eigenvalue weighted by Gasteiger charge is -2.39. The first-order valence-electron chi connectivity index (χ1n) is 5.74. The molecule has 0 saturated heterocycles. The predicted octanol–water partition coefficient (Wildman–Crippen LogP) is 1.67. The molecule has 1 aromatic rings. The molecule has 0 bridgehead atoms. The fourth-order valence-corrected chi connectivity index (χ4v) is 2.35. The fraction of sp³-hybridized carbons (Fsp3) is 0.538. The quantitative estimate of drug-likeness (QED) is 0.890. The van der Waals surface area contributed by atoms with Gasteiger partial charge in [0.2, 0.25) is 0 Å². The number of aliphatic hydroxyl groups excluding tert-OH is 1. The van der Waals surface area contributed by atoms with Crippen molar-refractivity contribution in [1.29, 1.82) is 0 Å². The van der Waals surface area contributed by atoms with Crippen LogP contribution in [0.2, 0.25) is 0 Å². The SMILES string of the molecule is COCC1(COC)CC(O)c2cc(F)ccc2O1. The zero-order chi connectivity index (χ0) is 13.2. The van der Waals surface area contributed by atoms with Crippen LogP contribution in [0.1, 0.15) is 18.1 Å². The Kier molecular flexibility index (Phi) is 3.85. The highest BCUT2D eigenvalue weighted by molar-refractivity contribution is 5.38. The molecule has 0 fully saturated rings. The lowest BCUT2D eigenvalue weighted by Crippen LogP contribution is -2.48. The Labute approximate surface area is 105 Å². The second-order valence-corrected chi connectivity index (χ2v) is 4.55. The molecule has 1 aliphatic heterocycles. The van der Waals surface area contributed by atoms with Gasteiger partial charge in [-0.2, -0.15) is 0 Å². The molecular weight excluding hydrogens is 239 g/mol. The molecule has 1 aliphatic rings. The van der Waals surface area contributed by atoms with E-state index in [1.807, 2.05) is 0 Å². The Morgan fingerprint density at radius 2 is 2.06 bits per heavy atom. The summed E-state index contributed by atoms with van der Waals surface area (Å²) >= 11 is 0. The van der Waals surface area contributed by atoms with Crippen LogP contribution in [0, 0.1) is 5.82 Å². The molecule has 0 radical (unpaired) electrons. The van der Waals surface area contributed by atoms with Crippen LogP contribution in [0.4, 0.5) is 4.39 Å². The van der Waals surface area contributed by atoms with Gasteiger partial charge in [0.05, 0.1) is 19.3 Å². The zero-order valence-electron chi connectivity index (χ0n) is 10.5. The normalized spacial score (nSPS) is 21.2. The number of methoxy groups -OCH3 is 2. The van der Waals surface area contributed by atoms with Gasteiger partial charge in [-0.05, 0) is 18.2 Å². The van der Waals surface area contributed by atoms with E-state index in [1.165, 1.54) is 18.2 Å². The third-order valence-corrected chi connectivity index (χ3v) is 3.04. The van der Waals surface area contributed by atoms with Gasteiger partial charge in [0.15, 0.2) is 5.60 Å². The van der Waals surface area contributed by atoms with Crippen LogP contribution in [0.5, 0.6) is 5.75 Å². The predicted molar refractivity (Wildman–Crippen MR) is 63.1 cm³/mol. The molecule has 1 aromatic carbocycles. The highest BCUT2D eigenvalue weighted by Gasteiger charge is 2.41. The average Bonchev–Trinajstić information content (AvgIpc) is 2.31. The van der Waals surface area contributed by atoms with Crippen LogP contribution in [0.3, 0.4) is 0 Å². The Morgan fingerprint density at radius 3 is 2.67 bits per heavy atom. The highest BCUT2D eigenvalue weighted by Crippen LogP contribution is 2.40. The Balaban J connectivity index is 2.32. The van der Waals surface area contributed by atoms with Crippen LogP contribution < -0.4 is 4.74 Å². The molecule has 2 rings (SSSR count). The summed E-state index contributed by atoms with van der Waals surface area (Å²) in [5.41, 5.74) is -0.258. The largest absolute Gasteiger partial charge is 0.482 e. The van der Waals surface area contributed by atoms with E-state index in [4.69, 9.17) is 14.2 Å². The van der Waals surface area contributed by atoms with Crippen LogP contribution in [-0.2, 0) is 9.47 Å². The summed E-state index contributed by atoms with van der Waals surface area (Å²) in [6.45, 7) is 0.601. The number of halogens is 1. The molecule has 1 unspecified atom stereocenters. The number of hydrogen-bond acceptors (Lipinski definition) is 4. The van der Waals surface area contributed by atoms with E-state index in [1.54, 1.807) is 14.2 Å². The van der Waals surface area contributed by atoms with Gasteiger partial charge in [0.1, 0.15) is 11.6 Å². The summed E-state index contributed by atoms with van der Waals surface area (Å²) in [5, 5.41) is 10.1. The summed E-state index contributed by atoms with van der Waals surface area (Å²) < 4.78 is 29.3. The lowest BCUT2D eigenvalue weighted by atomic mass is 9.90. The summed E-state index contributed by atoms with van der Waals surface area (Å²) in [6, 6.07) is 4.12. The van der Waals surface area contributed by atoms with Gasteiger partial charge in [-0.3, -0.25) is 0 Å². The van der Waals surface area contributed by atoms with Crippen molar-refractivity contribution in [3.8, 4) is 5.75 Å². The van der Waals surface area contributed by atoms with Crippen LogP contribution in [-0.4, -0.2) is 38.1 Å². The van der Waals surface area contributed by atoms with Gasteiger partial charge in [-0.1, -0.05) is 0 Å². The van der Waals surface area contributed by atoms with Crippen LogP contribution in [0.15, 0.2) is 18.2 Å². The van der Waals surface area contributed by atoms with Crippen molar-refractivity contribution in [2.45, 2.75) is 18.1 Å². The maximum Gasteiger partial charge on any atom is 0.158 e. The van der Waals surface area contributed by atoms with Crippen molar-refractivity contribution in [1.82, 2.24) is 0 Å². The molecule has 1 atom stereocenters. The van der Waals surface area contributed by atoms with Crippen molar-refractivity contribution in [3.63, 3.8) is 0 Å². The molecule has 0 aliphatic carbocycles. The second-order valence-electron chi connectivity index (χ2n) is 4.55. The smallest absolute Gasteiger partial charge is 0.158 e. The fourth-order valence-electron chi connectivity index (χ4n) is 2.35. The summed E-state index contributed by atoms with van der Waals surface area (Å²) in [5.74, 6) is 0.0895. The first kappa shape index (κ1) is 13.3. The average molecular weight is 256 g/mol. The van der Waals surface area contributed by atoms with Gasteiger partial charge in [-0.15, -0.1) is 0 Å². The summed E-state index contributed by atoms with van der Waals surface area (Å²) in [6.07, 6.45) is -0.472. The number of hydrogen-bond donors (Lipinski definition) is 1. The van der Waals surface area contributed by atoms with Crippen LogP contribution >= 0.6 is 0 Å². The van der Waals surface area contributed by atoms with Crippen LogP contribution in [0.25, 0.3) is 0 Å². The molecule has 18 heavy (non-hydrogen) atoms. The Hall–Kier alpha value is -1.17. The van der Waals surface area contributed by atoms with Crippen molar-refractivity contribution in [2.75, 3.05) is 27.4 Å². The molecule has 1 heterocycles. The Bertz CT molecular complexity index is 415. The molecule has 100 valence electrons. The topological polar surface area (TPSA) is 47.9 Å². The van der Waals surface area contributed by atoms with Gasteiger partial charge in [0, 0.05) is 26.2 Å². The third-order valence-electron chi connectivity index (χ3n) is 3.04. The van der Waals surface area contributed by atoms with E-state index in [2.05, 4.69) is 0 Å². The molecule has 0 amide bonds. The number of rotatable bonds is 4. The van der Waals surface area contributed by atoms with Crippen molar-refractivity contribution >= 4 is 0 Å². The first-order valence-corrected chi connectivity index (χ1v) is 5.74. The molecule has 1 N–H and O–H groups in total. The van der Waals surface area contributed by atoms with Crippen molar-refractivity contribution in [3.05, 3.63) is 29.6 Å². The van der Waals surface area contributed by atoms with Crippen molar-refractivity contribution in [2.24, 2.45) is 0 Å². The molecule has 0 aromatic heterocycles. The standard InChI is InChI=1S/C13H17FO4/c1-16-7-13(8-17-2)6-11(15)10-5-9(14)3-4-12(10)18-13/h3-5,11,15H,6-8H2,1-2H3. The lowest BCUT2D eigenvalue weighted by molar-refractivity contribution is -0.0966. The summed E-state index contributed by atoms with van der Waals surface area (Å²) in [4.78, 5) is 0. The number of aliphatic hydroxyl groups is 1. The highest BCUT2D eigenvalue weighted by atomic mass is 19.1. The molecule has 0 saturated carbocycles. The van der Waals surface area contributed by atoms with Gasteiger partial charge < -0.3 is 19.3 Å². The Morgan fingerprint density at radius 1 is 1.39 bits per heavy atom. The molecule has 4 nitrogen and oxygen atoms in total. The van der Waals surface area contributed by atoms with E-state index in [9.17, 15) is 9.50 Å². The maximum atomic E-state index is 13.1. The molecular formula is C13H17FO4. The minimum Gasteiger partial charge on any atom is -0.482 e. The third kappa shape index (κ3) is 2.48. The van der Waals surface area contributed by atoms with Gasteiger partial charge in [-0.25, -0.2) is 4.39 Å². The second kappa shape index (κ2) is 5.22. The van der Waals surface area contributed by atoms with E-state index < -0.39 is 11.7 Å². The number of fused-ring (bicyclic) bond motifs is 1. The molecule has 0 spiro atoms. The van der Waals surface area contributed by atoms with E-state index in [0.717, 1.165) is 0 Å². The molecule has 5 heteroatoms. The van der Waals surface area contributed by atoms with E-state index in [0.29, 0.717) is 30.9 Å². The zero-order valence-corrected chi connectivity index (χ0v) is 10.5. The summed E-state index contributed by atoms with van der Waals surface area (Å²) in [7, 11) is 3.13. The number of ether oxygens (including phenoxy) is 3. The minimum absolute atomic E-state index is 0.300. The van der Waals surface area contributed by atoms with Gasteiger partial charge >= 0.3 is 0 Å². The monoisotopic (exact) mass is 256 g/mol. The minimum atomic E-state index is -0.783. The van der Waals surface area contributed by atoms with Gasteiger partial charge in [0.25, 0.3) is 0 Å². The first-order chi connectivity index (χ1) is 8.60. The number of benzene rings is 1. The van der Waals surface area contributed by atoms with Crippen molar-refractivity contribution < 1.29 is 23.7 Å².